The minimum Gasteiger partial charge on any atom is -0.484 e. The third-order valence-corrected chi connectivity index (χ3v) is 4.69. The van der Waals surface area contributed by atoms with Gasteiger partial charge in [-0.2, -0.15) is 5.26 Å². The Kier molecular flexibility index (Phi) is 7.02. The van der Waals surface area contributed by atoms with Crippen LogP contribution in [0.3, 0.4) is 0 Å². The smallest absolute Gasteiger partial charge is 0.258 e. The van der Waals surface area contributed by atoms with E-state index in [4.69, 9.17) is 10.00 Å². The van der Waals surface area contributed by atoms with Crippen molar-refractivity contribution in [2.75, 3.05) is 6.61 Å². The van der Waals surface area contributed by atoms with Crippen molar-refractivity contribution in [2.24, 2.45) is 0 Å². The van der Waals surface area contributed by atoms with Gasteiger partial charge in [0.05, 0.1) is 11.6 Å². The second-order valence-electron chi connectivity index (χ2n) is 7.00. The van der Waals surface area contributed by atoms with Crippen molar-refractivity contribution in [1.29, 1.82) is 5.26 Å². The summed E-state index contributed by atoms with van der Waals surface area (Å²) >= 11 is 0. The third-order valence-electron chi connectivity index (χ3n) is 4.69. The summed E-state index contributed by atoms with van der Waals surface area (Å²) in [6.45, 7) is 2.00. The number of aryl methyl sites for hydroxylation is 1. The van der Waals surface area contributed by atoms with Crippen molar-refractivity contribution >= 4 is 5.91 Å². The maximum absolute atomic E-state index is 12.1. The Morgan fingerprint density at radius 1 is 0.966 bits per heavy atom. The van der Waals surface area contributed by atoms with Crippen molar-refractivity contribution < 1.29 is 9.53 Å². The Bertz CT molecular complexity index is 958. The zero-order valence-electron chi connectivity index (χ0n) is 16.5. The number of hydrogen-bond acceptors (Lipinski definition) is 3. The molecule has 146 valence electrons. The molecule has 1 N–H and O–H groups in total. The van der Waals surface area contributed by atoms with Gasteiger partial charge in [-0.25, -0.2) is 0 Å². The fourth-order valence-corrected chi connectivity index (χ4v) is 3.05. The van der Waals surface area contributed by atoms with Crippen LogP contribution in [0.5, 0.6) is 5.75 Å². The molecule has 0 aliphatic carbocycles. The predicted molar refractivity (Wildman–Crippen MR) is 114 cm³/mol. The molecule has 29 heavy (non-hydrogen) atoms. The fraction of sp³-hybridized carbons (Fsp3) is 0.200. The van der Waals surface area contributed by atoms with E-state index in [2.05, 4.69) is 23.5 Å². The summed E-state index contributed by atoms with van der Waals surface area (Å²) in [5.74, 6) is 0.524. The molecule has 0 spiro atoms. The van der Waals surface area contributed by atoms with Crippen molar-refractivity contribution in [2.45, 2.75) is 25.8 Å². The lowest BCUT2D eigenvalue weighted by atomic mass is 10.0. The molecular weight excluding hydrogens is 360 g/mol. The normalized spacial score (nSPS) is 11.3. The number of ether oxygens (including phenoxy) is 1. The highest BCUT2D eigenvalue weighted by molar-refractivity contribution is 5.77. The van der Waals surface area contributed by atoms with Crippen LogP contribution in [0.4, 0.5) is 0 Å². The Morgan fingerprint density at radius 2 is 1.59 bits per heavy atom. The van der Waals surface area contributed by atoms with Crippen LogP contribution in [0.1, 0.15) is 24.5 Å². The van der Waals surface area contributed by atoms with E-state index in [0.29, 0.717) is 11.3 Å². The number of rotatable bonds is 8. The van der Waals surface area contributed by atoms with Crippen molar-refractivity contribution in [3.63, 3.8) is 0 Å². The molecule has 0 radical (unpaired) electrons. The maximum Gasteiger partial charge on any atom is 0.258 e. The number of nitriles is 1. The largest absolute Gasteiger partial charge is 0.484 e. The number of benzene rings is 3. The van der Waals surface area contributed by atoms with Gasteiger partial charge in [0.25, 0.3) is 5.91 Å². The van der Waals surface area contributed by atoms with E-state index in [1.165, 1.54) is 5.56 Å². The number of hydrogen-bond donors (Lipinski definition) is 1. The number of carbonyl (C=O) groups is 1. The van der Waals surface area contributed by atoms with Crippen LogP contribution in [0.25, 0.3) is 11.1 Å². The van der Waals surface area contributed by atoms with Crippen molar-refractivity contribution in [3.8, 4) is 22.9 Å². The molecule has 3 aromatic rings. The summed E-state index contributed by atoms with van der Waals surface area (Å²) in [6.07, 6.45) is 1.81. The van der Waals surface area contributed by atoms with Crippen LogP contribution < -0.4 is 10.1 Å². The lowest BCUT2D eigenvalue weighted by Gasteiger charge is -2.14. The second kappa shape index (κ2) is 10.1. The number of carbonyl (C=O) groups excluding carboxylic acids is 1. The summed E-state index contributed by atoms with van der Waals surface area (Å²) in [6, 6.07) is 27.4. The quantitative estimate of drug-likeness (QED) is 0.610. The molecule has 4 nitrogen and oxygen atoms in total. The molecule has 0 fully saturated rings. The van der Waals surface area contributed by atoms with Crippen LogP contribution in [0.15, 0.2) is 78.9 Å². The van der Waals surface area contributed by atoms with Gasteiger partial charge in [-0.3, -0.25) is 4.79 Å². The van der Waals surface area contributed by atoms with E-state index < -0.39 is 0 Å². The Hall–Kier alpha value is -3.58. The Morgan fingerprint density at radius 3 is 2.21 bits per heavy atom. The monoisotopic (exact) mass is 384 g/mol. The summed E-state index contributed by atoms with van der Waals surface area (Å²) in [5.41, 5.74) is 3.96. The van der Waals surface area contributed by atoms with E-state index in [-0.39, 0.29) is 18.6 Å². The molecule has 3 aromatic carbocycles. The summed E-state index contributed by atoms with van der Waals surface area (Å²) < 4.78 is 5.60. The minimum absolute atomic E-state index is 0.00805. The average molecular weight is 384 g/mol. The van der Waals surface area contributed by atoms with Gasteiger partial charge in [-0.05, 0) is 60.7 Å². The topological polar surface area (TPSA) is 62.1 Å². The van der Waals surface area contributed by atoms with Gasteiger partial charge in [-0.1, -0.05) is 54.6 Å². The van der Waals surface area contributed by atoms with Crippen LogP contribution in [0, 0.1) is 11.3 Å². The summed E-state index contributed by atoms with van der Waals surface area (Å²) in [4.78, 5) is 12.1. The van der Waals surface area contributed by atoms with E-state index in [1.807, 2.05) is 61.5 Å². The van der Waals surface area contributed by atoms with Crippen LogP contribution >= 0.6 is 0 Å². The van der Waals surface area contributed by atoms with Crippen LogP contribution in [0.2, 0.25) is 0 Å². The molecule has 0 aliphatic rings. The summed E-state index contributed by atoms with van der Waals surface area (Å²) in [5, 5.41) is 11.9. The molecule has 4 heteroatoms. The molecule has 0 bridgehead atoms. The third kappa shape index (κ3) is 6.22. The highest BCUT2D eigenvalue weighted by Gasteiger charge is 2.09. The molecule has 0 unspecified atom stereocenters. The molecule has 0 aliphatic heterocycles. The van der Waals surface area contributed by atoms with Gasteiger partial charge in [0.2, 0.25) is 0 Å². The zero-order valence-corrected chi connectivity index (χ0v) is 16.5. The first-order chi connectivity index (χ1) is 14.1. The van der Waals surface area contributed by atoms with Crippen LogP contribution in [-0.4, -0.2) is 18.6 Å². The predicted octanol–water partition coefficient (Wildman–Crippen LogP) is 4.74. The lowest BCUT2D eigenvalue weighted by Crippen LogP contribution is -2.36. The SMILES string of the molecule is C[C@@H](CCc1ccccc1)NC(=O)COc1ccc(-c2ccc(C#N)cc2)cc1. The van der Waals surface area contributed by atoms with E-state index in [9.17, 15) is 4.79 Å². The fourth-order valence-electron chi connectivity index (χ4n) is 3.05. The molecule has 0 saturated carbocycles. The highest BCUT2D eigenvalue weighted by Crippen LogP contribution is 2.22. The first-order valence-electron chi connectivity index (χ1n) is 9.71. The minimum atomic E-state index is -0.123. The molecular formula is C25H24N2O2. The lowest BCUT2D eigenvalue weighted by molar-refractivity contribution is -0.123. The molecule has 1 atom stereocenters. The summed E-state index contributed by atoms with van der Waals surface area (Å²) in [7, 11) is 0. The van der Waals surface area contributed by atoms with Crippen molar-refractivity contribution in [1.82, 2.24) is 5.32 Å². The van der Waals surface area contributed by atoms with Crippen LogP contribution in [-0.2, 0) is 11.2 Å². The van der Waals surface area contributed by atoms with Gasteiger partial charge in [-0.15, -0.1) is 0 Å². The first-order valence-corrected chi connectivity index (χ1v) is 9.71. The number of nitrogens with one attached hydrogen (secondary N) is 1. The molecule has 0 heterocycles. The Labute approximate surface area is 171 Å². The Balaban J connectivity index is 1.44. The average Bonchev–Trinajstić information content (AvgIpc) is 2.77. The first kappa shape index (κ1) is 20.2. The maximum atomic E-state index is 12.1. The highest BCUT2D eigenvalue weighted by atomic mass is 16.5. The van der Waals surface area contributed by atoms with Gasteiger partial charge in [0.1, 0.15) is 5.75 Å². The zero-order chi connectivity index (χ0) is 20.5. The molecule has 0 aromatic heterocycles. The standard InChI is InChI=1S/C25H24N2O2/c1-19(7-8-20-5-3-2-4-6-20)27-25(28)18-29-24-15-13-23(14-16-24)22-11-9-21(17-26)10-12-22/h2-6,9-16,19H,7-8,18H2,1H3,(H,27,28)/t19-/m0/s1. The molecule has 1 amide bonds. The van der Waals surface area contributed by atoms with Gasteiger partial charge in [0, 0.05) is 6.04 Å². The van der Waals surface area contributed by atoms with E-state index >= 15 is 0 Å². The second-order valence-corrected chi connectivity index (χ2v) is 7.00. The number of amides is 1. The van der Waals surface area contributed by atoms with Gasteiger partial charge < -0.3 is 10.1 Å². The van der Waals surface area contributed by atoms with Gasteiger partial charge in [0.15, 0.2) is 6.61 Å². The molecule has 3 rings (SSSR count). The van der Waals surface area contributed by atoms with E-state index in [1.54, 1.807) is 12.1 Å². The van der Waals surface area contributed by atoms with E-state index in [0.717, 1.165) is 24.0 Å². The van der Waals surface area contributed by atoms with Crippen molar-refractivity contribution in [3.05, 3.63) is 90.0 Å². The van der Waals surface area contributed by atoms with Gasteiger partial charge >= 0.3 is 0 Å². The molecule has 0 saturated heterocycles. The number of nitrogens with zero attached hydrogens (tertiary/aromatic N) is 1.